The minimum Gasteiger partial charge on any atom is -0.493 e. The van der Waals surface area contributed by atoms with Crippen LogP contribution in [0.5, 0.6) is 5.75 Å². The number of ether oxygens (including phenoxy) is 2. The average molecular weight is 412 g/mol. The summed E-state index contributed by atoms with van der Waals surface area (Å²) < 4.78 is 27.4. The van der Waals surface area contributed by atoms with Crippen LogP contribution in [0.1, 0.15) is 46.6 Å². The molecular formula is C19H29N3O5S. The lowest BCUT2D eigenvalue weighted by molar-refractivity contribution is -0.120. The molecule has 0 saturated carbocycles. The summed E-state index contributed by atoms with van der Waals surface area (Å²) in [6.45, 7) is 9.39. The molecule has 8 nitrogen and oxygen atoms in total. The van der Waals surface area contributed by atoms with Crippen LogP contribution in [0.3, 0.4) is 0 Å². The first-order chi connectivity index (χ1) is 12.9. The highest BCUT2D eigenvalue weighted by Crippen LogP contribution is 2.27. The maximum Gasteiger partial charge on any atom is 0.408 e. The highest BCUT2D eigenvalue weighted by atomic mass is 32.2. The first kappa shape index (κ1) is 22.2. The third-order valence-corrected chi connectivity index (χ3v) is 5.76. The Kier molecular flexibility index (Phi) is 6.71. The number of carbonyl (C=O) groups is 2. The van der Waals surface area contributed by atoms with Gasteiger partial charge in [-0.05, 0) is 50.5 Å². The van der Waals surface area contributed by atoms with E-state index in [9.17, 15) is 13.8 Å². The van der Waals surface area contributed by atoms with E-state index in [0.717, 1.165) is 5.56 Å². The van der Waals surface area contributed by atoms with E-state index in [1.807, 2.05) is 6.92 Å². The van der Waals surface area contributed by atoms with E-state index in [4.69, 9.17) is 14.6 Å². The van der Waals surface area contributed by atoms with Gasteiger partial charge in [-0.2, -0.15) is 0 Å². The van der Waals surface area contributed by atoms with Gasteiger partial charge in [-0.15, -0.1) is 4.36 Å². The Bertz CT molecular complexity index is 869. The minimum absolute atomic E-state index is 0.243. The number of rotatable bonds is 5. The van der Waals surface area contributed by atoms with Crippen LogP contribution < -0.4 is 15.2 Å². The fourth-order valence-corrected chi connectivity index (χ4v) is 3.77. The van der Waals surface area contributed by atoms with Gasteiger partial charge in [0.2, 0.25) is 0 Å². The van der Waals surface area contributed by atoms with Crippen LogP contribution in [-0.4, -0.2) is 34.5 Å². The van der Waals surface area contributed by atoms with Crippen molar-refractivity contribution >= 4 is 21.9 Å². The number of amides is 2. The van der Waals surface area contributed by atoms with Gasteiger partial charge in [0.1, 0.15) is 27.3 Å². The lowest BCUT2D eigenvalue weighted by Crippen LogP contribution is -2.46. The SMILES string of the molecule is CC[C@H](C)[C@H](NC(=O)OC(C)(C)C)C(=O)N=S(N)(=O)c1ccc2c(c1)CCO2. The molecule has 9 heteroatoms. The van der Waals surface area contributed by atoms with Gasteiger partial charge in [-0.25, -0.2) is 14.1 Å². The highest BCUT2D eigenvalue weighted by molar-refractivity contribution is 7.91. The van der Waals surface area contributed by atoms with E-state index >= 15 is 0 Å². The van der Waals surface area contributed by atoms with Crippen molar-refractivity contribution in [1.82, 2.24) is 5.32 Å². The third kappa shape index (κ3) is 5.68. The largest absolute Gasteiger partial charge is 0.493 e. The molecule has 3 atom stereocenters. The molecule has 2 rings (SSSR count). The van der Waals surface area contributed by atoms with Crippen molar-refractivity contribution in [3.8, 4) is 5.75 Å². The van der Waals surface area contributed by atoms with Gasteiger partial charge in [-0.3, -0.25) is 4.79 Å². The van der Waals surface area contributed by atoms with Crippen molar-refractivity contribution in [1.29, 1.82) is 0 Å². The molecule has 3 N–H and O–H groups in total. The van der Waals surface area contributed by atoms with E-state index in [1.54, 1.807) is 45.9 Å². The molecule has 28 heavy (non-hydrogen) atoms. The van der Waals surface area contributed by atoms with Crippen LogP contribution in [0.25, 0.3) is 0 Å². The van der Waals surface area contributed by atoms with Crippen LogP contribution in [0.2, 0.25) is 0 Å². The molecule has 1 aromatic rings. The number of alkyl carbamates (subject to hydrolysis) is 1. The standard InChI is InChI=1S/C19H29N3O5S/c1-6-12(2)16(21-18(24)27-19(3,4)5)17(23)22-28(20,25)14-7-8-15-13(11-14)9-10-26-15/h7-8,11-12,16H,6,9-10H2,1-5H3,(H,21,24)(H2,20,22,23,25)/t12-,16-,28?/m0/s1. The third-order valence-electron chi connectivity index (χ3n) is 4.38. The minimum atomic E-state index is -3.46. The zero-order valence-electron chi connectivity index (χ0n) is 17.0. The molecule has 0 radical (unpaired) electrons. The Morgan fingerprint density at radius 2 is 2.07 bits per heavy atom. The fraction of sp³-hybridized carbons (Fsp3) is 0.579. The normalized spacial score (nSPS) is 17.5. The van der Waals surface area contributed by atoms with Gasteiger partial charge in [0.15, 0.2) is 0 Å². The summed E-state index contributed by atoms with van der Waals surface area (Å²) in [6.07, 6.45) is 0.547. The average Bonchev–Trinajstić information content (AvgIpc) is 3.04. The predicted octanol–water partition coefficient (Wildman–Crippen LogP) is 2.79. The summed E-state index contributed by atoms with van der Waals surface area (Å²) in [5.41, 5.74) is 0.168. The summed E-state index contributed by atoms with van der Waals surface area (Å²) in [6, 6.07) is 3.89. The molecule has 0 spiro atoms. The second kappa shape index (κ2) is 8.48. The smallest absolute Gasteiger partial charge is 0.408 e. The van der Waals surface area contributed by atoms with E-state index in [1.165, 1.54) is 0 Å². The number of carbonyl (C=O) groups excluding carboxylic acids is 2. The molecular weight excluding hydrogens is 382 g/mol. The van der Waals surface area contributed by atoms with Crippen LogP contribution in [0.4, 0.5) is 4.79 Å². The molecule has 1 aromatic carbocycles. The molecule has 156 valence electrons. The molecule has 0 fully saturated rings. The first-order valence-electron chi connectivity index (χ1n) is 9.27. The lowest BCUT2D eigenvalue weighted by Gasteiger charge is -2.25. The van der Waals surface area contributed by atoms with Gasteiger partial charge >= 0.3 is 6.09 Å². The van der Waals surface area contributed by atoms with Crippen LogP contribution >= 0.6 is 0 Å². The molecule has 0 saturated heterocycles. The number of nitrogens with two attached hydrogens (primary N) is 1. The Labute approximate surface area is 166 Å². The monoisotopic (exact) mass is 411 g/mol. The maximum atomic E-state index is 12.9. The summed E-state index contributed by atoms with van der Waals surface area (Å²) in [5, 5.41) is 8.43. The summed E-state index contributed by atoms with van der Waals surface area (Å²) in [7, 11) is -3.46. The molecule has 1 unspecified atom stereocenters. The van der Waals surface area contributed by atoms with Crippen LogP contribution in [-0.2, 0) is 25.9 Å². The van der Waals surface area contributed by atoms with Crippen molar-refractivity contribution in [2.24, 2.45) is 15.4 Å². The number of hydrogen-bond acceptors (Lipinski definition) is 5. The molecule has 1 aliphatic heterocycles. The second-order valence-electron chi connectivity index (χ2n) is 7.88. The van der Waals surface area contributed by atoms with Crippen molar-refractivity contribution in [3.63, 3.8) is 0 Å². The van der Waals surface area contributed by atoms with Gasteiger partial charge in [0, 0.05) is 6.42 Å². The van der Waals surface area contributed by atoms with Crippen molar-refractivity contribution in [2.45, 2.75) is 64.0 Å². The number of nitrogens with zero attached hydrogens (tertiary/aromatic N) is 1. The molecule has 1 aliphatic rings. The Morgan fingerprint density at radius 1 is 1.39 bits per heavy atom. The van der Waals surface area contributed by atoms with Gasteiger partial charge < -0.3 is 14.8 Å². The van der Waals surface area contributed by atoms with Crippen molar-refractivity contribution in [2.75, 3.05) is 6.61 Å². The second-order valence-corrected chi connectivity index (χ2v) is 9.67. The molecule has 0 aliphatic carbocycles. The maximum absolute atomic E-state index is 12.9. The topological polar surface area (TPSA) is 120 Å². The van der Waals surface area contributed by atoms with Gasteiger partial charge in [0.25, 0.3) is 5.91 Å². The molecule has 2 amide bonds. The zero-order valence-corrected chi connectivity index (χ0v) is 17.8. The predicted molar refractivity (Wildman–Crippen MR) is 106 cm³/mol. The Hall–Kier alpha value is -2.13. The number of fused-ring (bicyclic) bond motifs is 1. The van der Waals surface area contributed by atoms with E-state index < -0.39 is 33.6 Å². The molecule has 0 aromatic heterocycles. The van der Waals surface area contributed by atoms with E-state index in [2.05, 4.69) is 9.68 Å². The lowest BCUT2D eigenvalue weighted by atomic mass is 9.99. The summed E-state index contributed by atoms with van der Waals surface area (Å²) >= 11 is 0. The molecule has 0 bridgehead atoms. The first-order valence-corrected chi connectivity index (χ1v) is 10.8. The summed E-state index contributed by atoms with van der Waals surface area (Å²) in [5.74, 6) is -0.272. The summed E-state index contributed by atoms with van der Waals surface area (Å²) in [4.78, 5) is 25.1. The van der Waals surface area contributed by atoms with Crippen molar-refractivity contribution < 1.29 is 23.3 Å². The van der Waals surface area contributed by atoms with E-state index in [-0.39, 0.29) is 10.8 Å². The van der Waals surface area contributed by atoms with E-state index in [0.29, 0.717) is 25.2 Å². The Morgan fingerprint density at radius 3 is 2.68 bits per heavy atom. The fourth-order valence-electron chi connectivity index (χ4n) is 2.71. The Balaban J connectivity index is 2.27. The quantitative estimate of drug-likeness (QED) is 0.772. The zero-order chi connectivity index (χ0) is 21.1. The van der Waals surface area contributed by atoms with Crippen LogP contribution in [0, 0.1) is 5.92 Å². The number of nitrogens with one attached hydrogen (secondary N) is 1. The van der Waals surface area contributed by atoms with Gasteiger partial charge in [0.05, 0.1) is 11.5 Å². The van der Waals surface area contributed by atoms with Gasteiger partial charge in [-0.1, -0.05) is 20.3 Å². The van der Waals surface area contributed by atoms with Crippen molar-refractivity contribution in [3.05, 3.63) is 23.8 Å². The molecule has 1 heterocycles. The number of hydrogen-bond donors (Lipinski definition) is 2. The number of benzene rings is 1. The van der Waals surface area contributed by atoms with Crippen LogP contribution in [0.15, 0.2) is 27.5 Å². The highest BCUT2D eigenvalue weighted by Gasteiger charge is 2.29.